The van der Waals surface area contributed by atoms with Crippen LogP contribution in [0.1, 0.15) is 41.0 Å². The van der Waals surface area contributed by atoms with Crippen molar-refractivity contribution in [3.05, 3.63) is 86.3 Å². The number of benzene rings is 2. The summed E-state index contributed by atoms with van der Waals surface area (Å²) in [6.07, 6.45) is -2.79. The number of carbonyl (C=O) groups excluding carboxylic acids is 1. The van der Waals surface area contributed by atoms with E-state index in [0.717, 1.165) is 11.6 Å². The number of anilines is 1. The average Bonchev–Trinajstić information content (AvgIpc) is 3.28. The summed E-state index contributed by atoms with van der Waals surface area (Å²) in [5.41, 5.74) is 1.39. The highest BCUT2D eigenvalue weighted by atomic mass is 79.9. The molecule has 0 spiro atoms. The zero-order chi connectivity index (χ0) is 28.9. The summed E-state index contributed by atoms with van der Waals surface area (Å²) >= 11 is 2.91. The maximum atomic E-state index is 13.9. The zero-order valence-corrected chi connectivity index (χ0v) is 23.4. The Kier molecular flexibility index (Phi) is 7.02. The van der Waals surface area contributed by atoms with E-state index in [0.29, 0.717) is 22.5 Å². The van der Waals surface area contributed by atoms with Gasteiger partial charge < -0.3 is 10.2 Å². The Bertz CT molecular complexity index is 1710. The summed E-state index contributed by atoms with van der Waals surface area (Å²) in [6, 6.07) is 8.01. The molecule has 1 aliphatic rings. The summed E-state index contributed by atoms with van der Waals surface area (Å²) in [7, 11) is 1.77. The van der Waals surface area contributed by atoms with Gasteiger partial charge in [-0.25, -0.2) is 14.2 Å². The lowest BCUT2D eigenvalue weighted by atomic mass is 9.98. The van der Waals surface area contributed by atoms with Gasteiger partial charge in [0.2, 0.25) is 5.95 Å². The molecule has 3 heterocycles. The topological polar surface area (TPSA) is 97.9 Å². The van der Waals surface area contributed by atoms with E-state index in [2.05, 4.69) is 38.1 Å². The molecule has 0 fully saturated rings. The molecule has 208 valence electrons. The van der Waals surface area contributed by atoms with Gasteiger partial charge in [0.1, 0.15) is 5.52 Å². The summed E-state index contributed by atoms with van der Waals surface area (Å²) in [5, 5.41) is 11.4. The molecule has 1 N–H and O–H groups in total. The lowest BCUT2D eigenvalue weighted by molar-refractivity contribution is -0.138. The Hall–Kier alpha value is -4.00. The number of nitrogens with one attached hydrogen (secondary N) is 1. The van der Waals surface area contributed by atoms with Crippen molar-refractivity contribution in [2.45, 2.75) is 45.1 Å². The van der Waals surface area contributed by atoms with Crippen LogP contribution in [0, 0.1) is 0 Å². The highest BCUT2D eigenvalue weighted by molar-refractivity contribution is 9.10. The second kappa shape index (κ2) is 10.2. The average molecular weight is 616 g/mol. The van der Waals surface area contributed by atoms with Crippen molar-refractivity contribution in [3.63, 3.8) is 0 Å². The molecule has 2 atom stereocenters. The van der Waals surface area contributed by atoms with Crippen LogP contribution >= 0.6 is 15.9 Å². The molecule has 0 aliphatic carbocycles. The molecule has 0 radical (unpaired) electrons. The molecule has 2 aromatic carbocycles. The van der Waals surface area contributed by atoms with Gasteiger partial charge in [0.05, 0.1) is 29.0 Å². The quantitative estimate of drug-likeness (QED) is 0.322. The largest absolute Gasteiger partial charge is 0.417 e. The van der Waals surface area contributed by atoms with E-state index >= 15 is 0 Å². The van der Waals surface area contributed by atoms with E-state index in [1.165, 1.54) is 21.6 Å². The van der Waals surface area contributed by atoms with Gasteiger partial charge in [0.25, 0.3) is 11.5 Å². The predicted molar refractivity (Wildman–Crippen MR) is 147 cm³/mol. The third-order valence-corrected chi connectivity index (χ3v) is 7.65. The molecule has 2 aromatic heterocycles. The standard InChI is InChI=1S/C27H25BrF3N7O2/c1-5-14(2)32-26-33-22-13-37(24(39)16-6-8-20(28)19(11-16)27(29,30)31)15(3)10-18(22)25(40)38(26)17-7-9-23-21(12-17)34-35-36(23)4/h5-9,11-12,14-15H,1,10,13H2,2-4H3,(H,32,33). The van der Waals surface area contributed by atoms with Gasteiger partial charge in [-0.1, -0.05) is 27.2 Å². The van der Waals surface area contributed by atoms with Crippen LogP contribution in [0.4, 0.5) is 19.1 Å². The van der Waals surface area contributed by atoms with Crippen molar-refractivity contribution in [2.75, 3.05) is 5.32 Å². The molecular weight excluding hydrogens is 591 g/mol. The van der Waals surface area contributed by atoms with Crippen molar-refractivity contribution in [1.29, 1.82) is 0 Å². The van der Waals surface area contributed by atoms with Crippen molar-refractivity contribution in [3.8, 4) is 5.69 Å². The van der Waals surface area contributed by atoms with Gasteiger partial charge in [0, 0.05) is 34.7 Å². The number of aromatic nitrogens is 5. The van der Waals surface area contributed by atoms with E-state index < -0.39 is 23.7 Å². The number of hydrogen-bond donors (Lipinski definition) is 1. The molecule has 2 unspecified atom stereocenters. The molecular formula is C27H25BrF3N7O2. The fourth-order valence-electron chi connectivity index (χ4n) is 4.74. The monoisotopic (exact) mass is 615 g/mol. The zero-order valence-electron chi connectivity index (χ0n) is 21.8. The van der Waals surface area contributed by atoms with Crippen LogP contribution in [-0.4, -0.2) is 47.4 Å². The minimum Gasteiger partial charge on any atom is -0.349 e. The fraction of sp³-hybridized carbons (Fsp3) is 0.296. The summed E-state index contributed by atoms with van der Waals surface area (Å²) in [5.74, 6) is -0.339. The normalized spacial score (nSPS) is 16.1. The number of amides is 1. The highest BCUT2D eigenvalue weighted by Gasteiger charge is 2.36. The lowest BCUT2D eigenvalue weighted by Crippen LogP contribution is -2.46. The van der Waals surface area contributed by atoms with Crippen LogP contribution in [0.5, 0.6) is 0 Å². The van der Waals surface area contributed by atoms with Gasteiger partial charge in [-0.05, 0) is 56.7 Å². The van der Waals surface area contributed by atoms with Gasteiger partial charge in [-0.3, -0.25) is 9.59 Å². The highest BCUT2D eigenvalue weighted by Crippen LogP contribution is 2.36. The minimum atomic E-state index is -4.63. The number of rotatable bonds is 5. The van der Waals surface area contributed by atoms with Crippen molar-refractivity contribution >= 4 is 38.8 Å². The molecule has 0 saturated heterocycles. The maximum Gasteiger partial charge on any atom is 0.417 e. The molecule has 5 rings (SSSR count). The number of hydrogen-bond acceptors (Lipinski definition) is 6. The lowest BCUT2D eigenvalue weighted by Gasteiger charge is -2.35. The van der Waals surface area contributed by atoms with Crippen LogP contribution in [0.3, 0.4) is 0 Å². The first-order valence-electron chi connectivity index (χ1n) is 12.4. The number of aryl methyl sites for hydroxylation is 1. The van der Waals surface area contributed by atoms with E-state index in [9.17, 15) is 22.8 Å². The van der Waals surface area contributed by atoms with Crippen LogP contribution in [0.2, 0.25) is 0 Å². The van der Waals surface area contributed by atoms with E-state index in [1.54, 1.807) is 36.9 Å². The third kappa shape index (κ3) is 4.89. The summed E-state index contributed by atoms with van der Waals surface area (Å²) in [6.45, 7) is 7.35. The number of carbonyl (C=O) groups is 1. The van der Waals surface area contributed by atoms with E-state index in [4.69, 9.17) is 4.98 Å². The number of fused-ring (bicyclic) bond motifs is 2. The van der Waals surface area contributed by atoms with Crippen molar-refractivity contribution < 1.29 is 18.0 Å². The molecule has 1 amide bonds. The Morgan fingerprint density at radius 3 is 2.70 bits per heavy atom. The smallest absolute Gasteiger partial charge is 0.349 e. The van der Waals surface area contributed by atoms with Gasteiger partial charge >= 0.3 is 6.18 Å². The number of alkyl halides is 3. The Morgan fingerprint density at radius 1 is 1.25 bits per heavy atom. The van der Waals surface area contributed by atoms with E-state index in [-0.39, 0.29) is 40.6 Å². The number of nitrogens with zero attached hydrogens (tertiary/aromatic N) is 6. The maximum absolute atomic E-state index is 13.9. The molecule has 9 nitrogen and oxygen atoms in total. The predicted octanol–water partition coefficient (Wildman–Crippen LogP) is 4.87. The van der Waals surface area contributed by atoms with Crippen LogP contribution in [0.15, 0.2) is 58.3 Å². The number of halogens is 4. The van der Waals surface area contributed by atoms with Gasteiger partial charge in [-0.2, -0.15) is 13.2 Å². The van der Waals surface area contributed by atoms with Crippen LogP contribution in [0.25, 0.3) is 16.7 Å². The second-order valence-electron chi connectivity index (χ2n) is 9.73. The SMILES string of the molecule is C=CC(C)Nc1nc2c(c(=O)n1-c1ccc3c(c1)nnn3C)CC(C)N(C(=O)c1ccc(Br)c(C(F)(F)F)c1)C2. The summed E-state index contributed by atoms with van der Waals surface area (Å²) in [4.78, 5) is 33.5. The van der Waals surface area contributed by atoms with Crippen molar-refractivity contribution in [1.82, 2.24) is 29.4 Å². The summed E-state index contributed by atoms with van der Waals surface area (Å²) < 4.78 is 43.4. The molecule has 40 heavy (non-hydrogen) atoms. The molecule has 13 heteroatoms. The first-order valence-corrected chi connectivity index (χ1v) is 13.2. The van der Waals surface area contributed by atoms with Crippen molar-refractivity contribution in [2.24, 2.45) is 7.05 Å². The molecule has 4 aromatic rings. The first-order chi connectivity index (χ1) is 18.9. The Morgan fingerprint density at radius 2 is 2.00 bits per heavy atom. The Labute approximate surface area is 235 Å². The molecule has 1 aliphatic heterocycles. The fourth-order valence-corrected chi connectivity index (χ4v) is 5.21. The van der Waals surface area contributed by atoms with Crippen LogP contribution in [-0.2, 0) is 26.2 Å². The minimum absolute atomic E-state index is 0.0385. The second-order valence-corrected chi connectivity index (χ2v) is 10.6. The van der Waals surface area contributed by atoms with Crippen LogP contribution < -0.4 is 10.9 Å². The first kappa shape index (κ1) is 27.6. The van der Waals surface area contributed by atoms with Gasteiger partial charge in [-0.15, -0.1) is 11.7 Å². The molecule has 0 saturated carbocycles. The Balaban J connectivity index is 1.58. The third-order valence-electron chi connectivity index (χ3n) is 6.96. The van der Waals surface area contributed by atoms with E-state index in [1.807, 2.05) is 13.0 Å². The van der Waals surface area contributed by atoms with Gasteiger partial charge in [0.15, 0.2) is 0 Å². The molecule has 0 bridgehead atoms.